The lowest BCUT2D eigenvalue weighted by atomic mass is 10.1. The van der Waals surface area contributed by atoms with Crippen LogP contribution in [0.4, 0.5) is 5.69 Å². The van der Waals surface area contributed by atoms with Crippen molar-refractivity contribution in [2.45, 2.75) is 37.6 Å². The predicted molar refractivity (Wildman–Crippen MR) is 136 cm³/mol. The number of benzene rings is 2. The summed E-state index contributed by atoms with van der Waals surface area (Å²) in [5.74, 6) is 1.35. The molecule has 0 aliphatic rings. The van der Waals surface area contributed by atoms with E-state index < -0.39 is 5.25 Å². The Morgan fingerprint density at radius 3 is 2.47 bits per heavy atom. The van der Waals surface area contributed by atoms with Crippen molar-refractivity contribution in [3.05, 3.63) is 78.6 Å². The van der Waals surface area contributed by atoms with Crippen molar-refractivity contribution in [1.29, 1.82) is 0 Å². The number of rotatable bonds is 9. The molecule has 1 N–H and O–H groups in total. The van der Waals surface area contributed by atoms with Crippen LogP contribution in [0, 0.1) is 0 Å². The Kier molecular flexibility index (Phi) is 7.59. The summed E-state index contributed by atoms with van der Waals surface area (Å²) in [7, 11) is 0. The van der Waals surface area contributed by atoms with E-state index in [9.17, 15) is 4.79 Å². The molecule has 2 aromatic carbocycles. The van der Waals surface area contributed by atoms with E-state index in [-0.39, 0.29) is 5.91 Å². The Hall–Kier alpha value is -3.65. The van der Waals surface area contributed by atoms with Gasteiger partial charge in [-0.05, 0) is 74.4 Å². The number of hydrogen-bond donors (Lipinski definition) is 1. The first-order chi connectivity index (χ1) is 16.6. The lowest BCUT2D eigenvalue weighted by molar-refractivity contribution is -0.115. The number of thioether (sulfide) groups is 1. The number of nitrogens with zero attached hydrogens (tertiary/aromatic N) is 4. The first-order valence-electron chi connectivity index (χ1n) is 11.2. The van der Waals surface area contributed by atoms with Crippen LogP contribution in [0.25, 0.3) is 17.1 Å². The minimum atomic E-state index is -0.391. The third-order valence-corrected chi connectivity index (χ3v) is 6.28. The highest BCUT2D eigenvalue weighted by atomic mass is 32.2. The van der Waals surface area contributed by atoms with Crippen LogP contribution in [0.2, 0.25) is 0 Å². The number of aryl methyl sites for hydroxylation is 1. The van der Waals surface area contributed by atoms with Crippen molar-refractivity contribution in [1.82, 2.24) is 19.7 Å². The molecule has 0 spiro atoms. The minimum Gasteiger partial charge on any atom is -0.494 e. The maximum absolute atomic E-state index is 12.9. The second-order valence-corrected chi connectivity index (χ2v) is 8.92. The number of nitrogens with one attached hydrogen (secondary N) is 1. The number of hydrogen-bond acceptors (Lipinski definition) is 6. The monoisotopic (exact) mass is 473 g/mol. The van der Waals surface area contributed by atoms with Crippen LogP contribution in [-0.2, 0) is 11.2 Å². The molecule has 0 radical (unpaired) electrons. The quantitative estimate of drug-likeness (QED) is 0.327. The van der Waals surface area contributed by atoms with E-state index >= 15 is 0 Å². The van der Waals surface area contributed by atoms with Crippen LogP contribution < -0.4 is 10.1 Å². The summed E-state index contributed by atoms with van der Waals surface area (Å²) in [6, 6.07) is 19.4. The van der Waals surface area contributed by atoms with Crippen molar-refractivity contribution in [3.63, 3.8) is 0 Å². The number of ether oxygens (including phenoxy) is 1. The highest BCUT2D eigenvalue weighted by Gasteiger charge is 2.22. The molecule has 4 rings (SSSR count). The molecule has 0 aliphatic heterocycles. The summed E-state index contributed by atoms with van der Waals surface area (Å²) in [6.07, 6.45) is 4.43. The molecule has 2 heterocycles. The second kappa shape index (κ2) is 11.0. The van der Waals surface area contributed by atoms with Crippen molar-refractivity contribution >= 4 is 23.4 Å². The van der Waals surface area contributed by atoms with Crippen LogP contribution >= 0.6 is 11.8 Å². The van der Waals surface area contributed by atoms with Gasteiger partial charge in [0.2, 0.25) is 5.91 Å². The zero-order chi connectivity index (χ0) is 23.9. The van der Waals surface area contributed by atoms with Gasteiger partial charge in [0.05, 0.1) is 11.9 Å². The van der Waals surface area contributed by atoms with Crippen LogP contribution in [0.5, 0.6) is 5.75 Å². The van der Waals surface area contributed by atoms with E-state index in [1.165, 1.54) is 17.3 Å². The van der Waals surface area contributed by atoms with E-state index in [0.717, 1.165) is 29.1 Å². The molecule has 1 atom stereocenters. The Morgan fingerprint density at radius 2 is 1.82 bits per heavy atom. The Labute approximate surface area is 203 Å². The molecule has 0 fully saturated rings. The van der Waals surface area contributed by atoms with Gasteiger partial charge in [-0.1, -0.05) is 30.8 Å². The molecule has 0 bridgehead atoms. The molecule has 1 amide bonds. The molecular weight excluding hydrogens is 446 g/mol. The van der Waals surface area contributed by atoms with Gasteiger partial charge in [0.1, 0.15) is 5.75 Å². The largest absolute Gasteiger partial charge is 0.494 e. The molecule has 174 valence electrons. The minimum absolute atomic E-state index is 0.0987. The van der Waals surface area contributed by atoms with Gasteiger partial charge in [-0.25, -0.2) is 0 Å². The zero-order valence-corrected chi connectivity index (χ0v) is 20.2. The van der Waals surface area contributed by atoms with Gasteiger partial charge < -0.3 is 10.1 Å². The van der Waals surface area contributed by atoms with Gasteiger partial charge in [-0.2, -0.15) is 0 Å². The van der Waals surface area contributed by atoms with Gasteiger partial charge >= 0.3 is 0 Å². The normalized spacial score (nSPS) is 11.7. The maximum Gasteiger partial charge on any atom is 0.237 e. The number of aromatic nitrogens is 4. The number of pyridine rings is 1. The highest BCUT2D eigenvalue weighted by Crippen LogP contribution is 2.31. The van der Waals surface area contributed by atoms with Gasteiger partial charge in [0, 0.05) is 29.3 Å². The first-order valence-corrected chi connectivity index (χ1v) is 12.1. The maximum atomic E-state index is 12.9. The third kappa shape index (κ3) is 5.46. The lowest BCUT2D eigenvalue weighted by Crippen LogP contribution is -2.22. The standard InChI is InChI=1S/C26H27N5O2S/c1-4-19-8-10-21(11-9-19)28-25(32)18(3)34-26-30-29-24(20-7-6-16-27-17-20)31(26)22-12-14-23(15-13-22)33-5-2/h6-18H,4-5H2,1-3H3,(H,28,32)/t18-/m1/s1. The molecule has 0 saturated carbocycles. The molecule has 0 aliphatic carbocycles. The van der Waals surface area contributed by atoms with Gasteiger partial charge in [0.25, 0.3) is 0 Å². The summed E-state index contributed by atoms with van der Waals surface area (Å²) >= 11 is 1.36. The Bertz CT molecular complexity index is 1220. The number of anilines is 1. The molecule has 7 nitrogen and oxygen atoms in total. The Morgan fingerprint density at radius 1 is 1.06 bits per heavy atom. The van der Waals surface area contributed by atoms with Crippen molar-refractivity contribution < 1.29 is 9.53 Å². The summed E-state index contributed by atoms with van der Waals surface area (Å²) < 4.78 is 7.52. The van der Waals surface area contributed by atoms with Crippen LogP contribution in [-0.4, -0.2) is 37.5 Å². The highest BCUT2D eigenvalue weighted by molar-refractivity contribution is 8.00. The molecule has 0 unspecified atom stereocenters. The topological polar surface area (TPSA) is 81.9 Å². The fourth-order valence-electron chi connectivity index (χ4n) is 3.40. The van der Waals surface area contributed by atoms with E-state index in [1.54, 1.807) is 12.4 Å². The van der Waals surface area contributed by atoms with E-state index in [2.05, 4.69) is 27.4 Å². The summed E-state index contributed by atoms with van der Waals surface area (Å²) in [5, 5.41) is 12.1. The number of carbonyl (C=O) groups is 1. The van der Waals surface area contributed by atoms with Gasteiger partial charge in [-0.15, -0.1) is 10.2 Å². The summed E-state index contributed by atoms with van der Waals surface area (Å²) in [6.45, 7) is 6.52. The number of carbonyl (C=O) groups excluding carboxylic acids is 1. The van der Waals surface area contributed by atoms with E-state index in [1.807, 2.05) is 79.1 Å². The molecular formula is C26H27N5O2S. The van der Waals surface area contributed by atoms with Crippen LogP contribution in [0.15, 0.2) is 78.2 Å². The molecule has 34 heavy (non-hydrogen) atoms. The average molecular weight is 474 g/mol. The van der Waals surface area contributed by atoms with E-state index in [4.69, 9.17) is 4.74 Å². The summed E-state index contributed by atoms with van der Waals surface area (Å²) in [5.41, 5.74) is 3.71. The fraction of sp³-hybridized carbons (Fsp3) is 0.231. The SMILES string of the molecule is CCOc1ccc(-n2c(S[C@H](C)C(=O)Nc3ccc(CC)cc3)nnc2-c2cccnc2)cc1. The van der Waals surface area contributed by atoms with Crippen LogP contribution in [0.1, 0.15) is 26.3 Å². The first kappa shape index (κ1) is 23.5. The molecule has 0 saturated heterocycles. The molecule has 4 aromatic rings. The predicted octanol–water partition coefficient (Wildman–Crippen LogP) is 5.41. The smallest absolute Gasteiger partial charge is 0.237 e. The summed E-state index contributed by atoms with van der Waals surface area (Å²) in [4.78, 5) is 17.1. The second-order valence-electron chi connectivity index (χ2n) is 7.61. The van der Waals surface area contributed by atoms with Crippen molar-refractivity contribution in [2.75, 3.05) is 11.9 Å². The molecule has 2 aromatic heterocycles. The van der Waals surface area contributed by atoms with Gasteiger partial charge in [-0.3, -0.25) is 14.3 Å². The average Bonchev–Trinajstić information content (AvgIpc) is 3.29. The molecule has 8 heteroatoms. The van der Waals surface area contributed by atoms with Crippen molar-refractivity contribution in [2.24, 2.45) is 0 Å². The zero-order valence-electron chi connectivity index (χ0n) is 19.4. The number of amides is 1. The van der Waals surface area contributed by atoms with Crippen molar-refractivity contribution in [3.8, 4) is 22.8 Å². The Balaban J connectivity index is 1.60. The van der Waals surface area contributed by atoms with Gasteiger partial charge in [0.15, 0.2) is 11.0 Å². The lowest BCUT2D eigenvalue weighted by Gasteiger charge is -2.14. The van der Waals surface area contributed by atoms with Crippen LogP contribution in [0.3, 0.4) is 0 Å². The van der Waals surface area contributed by atoms with E-state index in [0.29, 0.717) is 17.6 Å². The fourth-order valence-corrected chi connectivity index (χ4v) is 4.27. The third-order valence-electron chi connectivity index (χ3n) is 5.24.